The standard InChI is InChI=1S/C16H23BrFNO/c1-2-7-19-16(13-4-3-8-20-11-13)9-12-5-6-14(17)10-15(12)18/h5-6,10,13,16,19H,2-4,7-9,11H2,1H3. The molecule has 1 N–H and O–H groups in total. The first-order valence-corrected chi connectivity index (χ1v) is 8.25. The van der Waals surface area contributed by atoms with E-state index in [1.54, 1.807) is 6.07 Å². The van der Waals surface area contributed by atoms with Crippen LogP contribution in [0, 0.1) is 11.7 Å². The van der Waals surface area contributed by atoms with Crippen LogP contribution in [0.3, 0.4) is 0 Å². The molecule has 0 saturated carbocycles. The molecule has 1 aromatic carbocycles. The fraction of sp³-hybridized carbons (Fsp3) is 0.625. The highest BCUT2D eigenvalue weighted by Crippen LogP contribution is 2.23. The summed E-state index contributed by atoms with van der Waals surface area (Å²) in [4.78, 5) is 0. The first-order chi connectivity index (χ1) is 9.70. The van der Waals surface area contributed by atoms with Crippen LogP contribution in [-0.2, 0) is 11.2 Å². The third kappa shape index (κ3) is 4.54. The summed E-state index contributed by atoms with van der Waals surface area (Å²) in [7, 11) is 0. The minimum atomic E-state index is -0.126. The summed E-state index contributed by atoms with van der Waals surface area (Å²) >= 11 is 3.31. The Balaban J connectivity index is 2.05. The molecule has 0 radical (unpaired) electrons. The fourth-order valence-corrected chi connectivity index (χ4v) is 3.08. The van der Waals surface area contributed by atoms with Crippen molar-refractivity contribution in [1.29, 1.82) is 0 Å². The molecule has 2 nitrogen and oxygen atoms in total. The van der Waals surface area contributed by atoms with Crippen molar-refractivity contribution < 1.29 is 9.13 Å². The van der Waals surface area contributed by atoms with E-state index in [9.17, 15) is 4.39 Å². The van der Waals surface area contributed by atoms with E-state index in [1.165, 1.54) is 6.42 Å². The van der Waals surface area contributed by atoms with E-state index in [0.29, 0.717) is 12.0 Å². The van der Waals surface area contributed by atoms with Crippen molar-refractivity contribution in [2.24, 2.45) is 5.92 Å². The number of benzene rings is 1. The fourth-order valence-electron chi connectivity index (χ4n) is 2.74. The number of halogens is 2. The van der Waals surface area contributed by atoms with Crippen LogP contribution in [0.5, 0.6) is 0 Å². The summed E-state index contributed by atoms with van der Waals surface area (Å²) in [5.41, 5.74) is 0.785. The van der Waals surface area contributed by atoms with Crippen molar-refractivity contribution in [3.8, 4) is 0 Å². The van der Waals surface area contributed by atoms with E-state index >= 15 is 0 Å². The largest absolute Gasteiger partial charge is 0.381 e. The molecule has 2 rings (SSSR count). The third-order valence-corrected chi connectivity index (χ3v) is 4.37. The van der Waals surface area contributed by atoms with E-state index in [2.05, 4.69) is 28.2 Å². The van der Waals surface area contributed by atoms with Crippen molar-refractivity contribution in [1.82, 2.24) is 5.32 Å². The maximum atomic E-state index is 14.0. The van der Waals surface area contributed by atoms with Gasteiger partial charge in [-0.15, -0.1) is 0 Å². The molecule has 0 aliphatic carbocycles. The maximum absolute atomic E-state index is 14.0. The Morgan fingerprint density at radius 1 is 1.50 bits per heavy atom. The monoisotopic (exact) mass is 343 g/mol. The second kappa shape index (κ2) is 8.11. The van der Waals surface area contributed by atoms with Gasteiger partial charge in [-0.05, 0) is 55.8 Å². The topological polar surface area (TPSA) is 21.3 Å². The van der Waals surface area contributed by atoms with Crippen LogP contribution in [-0.4, -0.2) is 25.8 Å². The summed E-state index contributed by atoms with van der Waals surface area (Å²) in [5, 5.41) is 3.57. The van der Waals surface area contributed by atoms with E-state index in [4.69, 9.17) is 4.74 Å². The van der Waals surface area contributed by atoms with Crippen molar-refractivity contribution in [3.05, 3.63) is 34.1 Å². The van der Waals surface area contributed by atoms with Crippen LogP contribution in [0.4, 0.5) is 4.39 Å². The summed E-state index contributed by atoms with van der Waals surface area (Å²) in [6, 6.07) is 5.63. The van der Waals surface area contributed by atoms with Gasteiger partial charge in [-0.2, -0.15) is 0 Å². The van der Waals surface area contributed by atoms with Gasteiger partial charge in [0.25, 0.3) is 0 Å². The molecule has 1 aliphatic rings. The first-order valence-electron chi connectivity index (χ1n) is 7.45. The molecule has 112 valence electrons. The molecular formula is C16H23BrFNO. The van der Waals surface area contributed by atoms with Crippen LogP contribution in [0.2, 0.25) is 0 Å². The highest BCUT2D eigenvalue weighted by Gasteiger charge is 2.24. The van der Waals surface area contributed by atoms with Crippen LogP contribution in [0.1, 0.15) is 31.7 Å². The minimum absolute atomic E-state index is 0.126. The predicted octanol–water partition coefficient (Wildman–Crippen LogP) is 3.93. The SMILES string of the molecule is CCCNC(Cc1ccc(Br)cc1F)C1CCCOC1. The van der Waals surface area contributed by atoms with Gasteiger partial charge in [0.2, 0.25) is 0 Å². The number of rotatable bonds is 6. The number of hydrogen-bond acceptors (Lipinski definition) is 2. The average Bonchev–Trinajstić information content (AvgIpc) is 2.46. The molecule has 1 saturated heterocycles. The molecule has 4 heteroatoms. The molecule has 1 aliphatic heterocycles. The molecule has 20 heavy (non-hydrogen) atoms. The molecular weight excluding hydrogens is 321 g/mol. The Morgan fingerprint density at radius 2 is 2.35 bits per heavy atom. The lowest BCUT2D eigenvalue weighted by Crippen LogP contribution is -2.42. The zero-order chi connectivity index (χ0) is 14.4. The van der Waals surface area contributed by atoms with Crippen LogP contribution >= 0.6 is 15.9 Å². The number of ether oxygens (including phenoxy) is 1. The molecule has 2 unspecified atom stereocenters. The third-order valence-electron chi connectivity index (χ3n) is 3.88. The highest BCUT2D eigenvalue weighted by molar-refractivity contribution is 9.10. The van der Waals surface area contributed by atoms with Gasteiger partial charge in [-0.25, -0.2) is 4.39 Å². The van der Waals surface area contributed by atoms with Crippen LogP contribution in [0.25, 0.3) is 0 Å². The Kier molecular flexibility index (Phi) is 6.46. The summed E-state index contributed by atoms with van der Waals surface area (Å²) in [5.74, 6) is 0.359. The van der Waals surface area contributed by atoms with E-state index in [1.807, 2.05) is 12.1 Å². The van der Waals surface area contributed by atoms with Gasteiger partial charge in [-0.3, -0.25) is 0 Å². The normalized spacial score (nSPS) is 20.9. The Bertz CT molecular complexity index is 421. The van der Waals surface area contributed by atoms with E-state index in [-0.39, 0.29) is 5.82 Å². The van der Waals surface area contributed by atoms with Gasteiger partial charge < -0.3 is 10.1 Å². The Labute approximate surface area is 129 Å². The second-order valence-corrected chi connectivity index (χ2v) is 6.39. The molecule has 1 heterocycles. The second-order valence-electron chi connectivity index (χ2n) is 5.48. The molecule has 0 aromatic heterocycles. The van der Waals surface area contributed by atoms with Crippen molar-refractivity contribution in [3.63, 3.8) is 0 Å². The number of hydrogen-bond donors (Lipinski definition) is 1. The van der Waals surface area contributed by atoms with Crippen LogP contribution in [0.15, 0.2) is 22.7 Å². The van der Waals surface area contributed by atoms with Gasteiger partial charge in [0.1, 0.15) is 5.82 Å². The quantitative estimate of drug-likeness (QED) is 0.844. The lowest BCUT2D eigenvalue weighted by atomic mass is 9.89. The van der Waals surface area contributed by atoms with Crippen molar-refractivity contribution in [2.45, 2.75) is 38.6 Å². The molecule has 0 amide bonds. The van der Waals surface area contributed by atoms with Gasteiger partial charge in [0.15, 0.2) is 0 Å². The average molecular weight is 344 g/mol. The lowest BCUT2D eigenvalue weighted by Gasteiger charge is -2.31. The van der Waals surface area contributed by atoms with E-state index < -0.39 is 0 Å². The summed E-state index contributed by atoms with van der Waals surface area (Å²) in [6.07, 6.45) is 4.09. The smallest absolute Gasteiger partial charge is 0.127 e. The Hall–Kier alpha value is -0.450. The lowest BCUT2D eigenvalue weighted by molar-refractivity contribution is 0.0392. The van der Waals surface area contributed by atoms with Gasteiger partial charge >= 0.3 is 0 Å². The first kappa shape index (κ1) is 15.9. The minimum Gasteiger partial charge on any atom is -0.381 e. The maximum Gasteiger partial charge on any atom is 0.127 e. The van der Waals surface area contributed by atoms with Crippen LogP contribution < -0.4 is 5.32 Å². The van der Waals surface area contributed by atoms with Crippen molar-refractivity contribution >= 4 is 15.9 Å². The molecule has 1 fully saturated rings. The van der Waals surface area contributed by atoms with Crippen molar-refractivity contribution in [2.75, 3.05) is 19.8 Å². The summed E-state index contributed by atoms with van der Waals surface area (Å²) < 4.78 is 20.4. The Morgan fingerprint density at radius 3 is 3.00 bits per heavy atom. The molecule has 1 aromatic rings. The zero-order valence-electron chi connectivity index (χ0n) is 12.0. The van der Waals surface area contributed by atoms with E-state index in [0.717, 1.165) is 49.1 Å². The summed E-state index contributed by atoms with van der Waals surface area (Å²) in [6.45, 7) is 4.78. The van der Waals surface area contributed by atoms with Gasteiger partial charge in [-0.1, -0.05) is 28.9 Å². The predicted molar refractivity (Wildman–Crippen MR) is 83.4 cm³/mol. The molecule has 2 atom stereocenters. The zero-order valence-corrected chi connectivity index (χ0v) is 13.6. The molecule has 0 bridgehead atoms. The van der Waals surface area contributed by atoms with Gasteiger partial charge in [0, 0.05) is 17.1 Å². The molecule has 0 spiro atoms. The highest BCUT2D eigenvalue weighted by atomic mass is 79.9. The number of nitrogens with one attached hydrogen (secondary N) is 1. The van der Waals surface area contributed by atoms with Gasteiger partial charge in [0.05, 0.1) is 6.61 Å².